The van der Waals surface area contributed by atoms with Crippen LogP contribution in [0.3, 0.4) is 0 Å². The molecule has 0 N–H and O–H groups in total. The molecule has 21 heavy (non-hydrogen) atoms. The highest BCUT2D eigenvalue weighted by molar-refractivity contribution is 8.18. The second-order valence-corrected chi connectivity index (χ2v) is 5.82. The molecule has 1 aliphatic rings. The van der Waals surface area contributed by atoms with Gasteiger partial charge in [-0.3, -0.25) is 14.5 Å². The lowest BCUT2D eigenvalue weighted by molar-refractivity contribution is -0.121. The van der Waals surface area contributed by atoms with Crippen LogP contribution in [-0.2, 0) is 4.79 Å². The molecule has 0 bridgehead atoms. The van der Waals surface area contributed by atoms with E-state index in [1.165, 1.54) is 7.05 Å². The van der Waals surface area contributed by atoms with Crippen molar-refractivity contribution in [3.8, 4) is 11.3 Å². The molecule has 0 spiro atoms. The molecule has 1 aliphatic heterocycles. The van der Waals surface area contributed by atoms with Gasteiger partial charge in [-0.25, -0.2) is 0 Å². The van der Waals surface area contributed by atoms with Crippen molar-refractivity contribution in [2.24, 2.45) is 0 Å². The fourth-order valence-electron chi connectivity index (χ4n) is 1.91. The molecule has 1 saturated heterocycles. The van der Waals surface area contributed by atoms with Crippen molar-refractivity contribution < 1.29 is 14.0 Å². The van der Waals surface area contributed by atoms with E-state index in [-0.39, 0.29) is 11.1 Å². The first kappa shape index (κ1) is 14.0. The molecular formula is C15H10ClNO3S. The summed E-state index contributed by atoms with van der Waals surface area (Å²) >= 11 is 7.01. The summed E-state index contributed by atoms with van der Waals surface area (Å²) in [4.78, 5) is 24.7. The molecule has 1 aromatic carbocycles. The van der Waals surface area contributed by atoms with Crippen LogP contribution < -0.4 is 0 Å². The third-order valence-corrected chi connectivity index (χ3v) is 4.32. The Morgan fingerprint density at radius 1 is 1.19 bits per heavy atom. The number of thioether (sulfide) groups is 1. The van der Waals surface area contributed by atoms with Gasteiger partial charge in [0.05, 0.1) is 9.93 Å². The second kappa shape index (κ2) is 5.42. The third kappa shape index (κ3) is 2.62. The lowest BCUT2D eigenvalue weighted by Gasteiger charge is -2.00. The van der Waals surface area contributed by atoms with Gasteiger partial charge in [0.1, 0.15) is 11.5 Å². The van der Waals surface area contributed by atoms with Crippen LogP contribution in [0.25, 0.3) is 17.4 Å². The summed E-state index contributed by atoms with van der Waals surface area (Å²) in [7, 11) is 1.45. The highest BCUT2D eigenvalue weighted by Gasteiger charge is 2.32. The van der Waals surface area contributed by atoms with Crippen molar-refractivity contribution in [1.82, 2.24) is 4.90 Å². The predicted octanol–water partition coefficient (Wildman–Crippen LogP) is 4.27. The molecule has 2 heterocycles. The maximum absolute atomic E-state index is 11.8. The van der Waals surface area contributed by atoms with Crippen molar-refractivity contribution >= 4 is 40.6 Å². The Kier molecular flexibility index (Phi) is 3.61. The Labute approximate surface area is 130 Å². The summed E-state index contributed by atoms with van der Waals surface area (Å²) in [6.45, 7) is 0. The maximum Gasteiger partial charge on any atom is 0.293 e. The summed E-state index contributed by atoms with van der Waals surface area (Å²) in [5.74, 6) is 0.798. The first-order valence-corrected chi connectivity index (χ1v) is 7.32. The Morgan fingerprint density at radius 2 is 1.95 bits per heavy atom. The quantitative estimate of drug-likeness (QED) is 0.776. The molecule has 1 fully saturated rings. The van der Waals surface area contributed by atoms with Crippen LogP contribution in [0.1, 0.15) is 5.76 Å². The van der Waals surface area contributed by atoms with E-state index in [1.807, 2.05) is 18.2 Å². The number of halogens is 1. The lowest BCUT2D eigenvalue weighted by atomic mass is 10.2. The Bertz CT molecular complexity index is 766. The summed E-state index contributed by atoms with van der Waals surface area (Å²) in [6, 6.07) is 10.9. The van der Waals surface area contributed by atoms with Gasteiger partial charge in [0.25, 0.3) is 11.1 Å². The van der Waals surface area contributed by atoms with E-state index in [0.717, 1.165) is 22.2 Å². The number of carbonyl (C=O) groups is 2. The average Bonchev–Trinajstić information content (AvgIpc) is 3.01. The van der Waals surface area contributed by atoms with Gasteiger partial charge in [0.15, 0.2) is 0 Å². The molecule has 1 aromatic heterocycles. The van der Waals surface area contributed by atoms with Crippen molar-refractivity contribution in [1.29, 1.82) is 0 Å². The van der Waals surface area contributed by atoms with Crippen LogP contribution in [0.5, 0.6) is 0 Å². The first-order chi connectivity index (χ1) is 10.1. The van der Waals surface area contributed by atoms with Crippen LogP contribution in [0.4, 0.5) is 4.79 Å². The van der Waals surface area contributed by atoms with Gasteiger partial charge in [-0.05, 0) is 36.0 Å². The number of rotatable bonds is 2. The van der Waals surface area contributed by atoms with Gasteiger partial charge >= 0.3 is 0 Å². The van der Waals surface area contributed by atoms with Gasteiger partial charge in [0.2, 0.25) is 0 Å². The number of amides is 2. The molecule has 2 amide bonds. The summed E-state index contributed by atoms with van der Waals surface area (Å²) in [5, 5.41) is 0.302. The summed E-state index contributed by atoms with van der Waals surface area (Å²) in [5.41, 5.74) is 0.780. The zero-order chi connectivity index (χ0) is 15.0. The van der Waals surface area contributed by atoms with E-state index in [1.54, 1.807) is 24.3 Å². The van der Waals surface area contributed by atoms with Gasteiger partial charge < -0.3 is 4.42 Å². The number of benzene rings is 1. The van der Waals surface area contributed by atoms with Crippen molar-refractivity contribution in [2.75, 3.05) is 7.05 Å². The van der Waals surface area contributed by atoms with Crippen LogP contribution in [0.2, 0.25) is 5.02 Å². The van der Waals surface area contributed by atoms with Crippen LogP contribution >= 0.6 is 23.4 Å². The molecule has 6 heteroatoms. The normalized spacial score (nSPS) is 17.0. The third-order valence-electron chi connectivity index (χ3n) is 3.03. The van der Waals surface area contributed by atoms with E-state index in [9.17, 15) is 9.59 Å². The van der Waals surface area contributed by atoms with Crippen LogP contribution in [0.15, 0.2) is 45.7 Å². The van der Waals surface area contributed by atoms with Gasteiger partial charge in [-0.1, -0.05) is 23.7 Å². The second-order valence-electron chi connectivity index (χ2n) is 4.42. The number of hydrogen-bond acceptors (Lipinski definition) is 4. The van der Waals surface area contributed by atoms with Crippen LogP contribution in [0, 0.1) is 0 Å². The number of likely N-dealkylation sites (N-methyl/N-ethyl adjacent to an activating group) is 1. The first-order valence-electron chi connectivity index (χ1n) is 6.12. The van der Waals surface area contributed by atoms with Crippen molar-refractivity contribution in [3.05, 3.63) is 52.1 Å². The Balaban J connectivity index is 1.92. The van der Waals surface area contributed by atoms with E-state index < -0.39 is 0 Å². The Hall–Kier alpha value is -1.98. The maximum atomic E-state index is 11.8. The molecule has 0 atom stereocenters. The lowest BCUT2D eigenvalue weighted by Crippen LogP contribution is -2.22. The van der Waals surface area contributed by atoms with E-state index in [4.69, 9.17) is 16.0 Å². The largest absolute Gasteiger partial charge is 0.457 e. The fraction of sp³-hybridized carbons (Fsp3) is 0.0667. The van der Waals surface area contributed by atoms with Gasteiger partial charge in [-0.15, -0.1) is 0 Å². The SMILES string of the molecule is CN1C(=O)S/C(=C\c2ccc(-c3ccccc3Cl)o2)C1=O. The zero-order valence-corrected chi connectivity index (χ0v) is 12.6. The molecular weight excluding hydrogens is 310 g/mol. The number of hydrogen-bond donors (Lipinski definition) is 0. The predicted molar refractivity (Wildman–Crippen MR) is 82.9 cm³/mol. The molecule has 0 aliphatic carbocycles. The highest BCUT2D eigenvalue weighted by atomic mass is 35.5. The van der Waals surface area contributed by atoms with Crippen molar-refractivity contribution in [3.63, 3.8) is 0 Å². The van der Waals surface area contributed by atoms with Crippen molar-refractivity contribution in [2.45, 2.75) is 0 Å². The number of carbonyl (C=O) groups excluding carboxylic acids is 2. The number of imide groups is 1. The summed E-state index contributed by atoms with van der Waals surface area (Å²) in [6.07, 6.45) is 1.56. The molecule has 0 unspecified atom stereocenters. The monoisotopic (exact) mass is 319 g/mol. The van der Waals surface area contributed by atoms with Gasteiger partial charge in [0, 0.05) is 18.7 Å². The number of furan rings is 1. The van der Waals surface area contributed by atoms with Gasteiger partial charge in [-0.2, -0.15) is 0 Å². The van der Waals surface area contributed by atoms with E-state index in [0.29, 0.717) is 21.4 Å². The smallest absolute Gasteiger partial charge is 0.293 e. The minimum Gasteiger partial charge on any atom is -0.457 e. The van der Waals surface area contributed by atoms with Crippen LogP contribution in [-0.4, -0.2) is 23.1 Å². The molecule has 0 radical (unpaired) electrons. The van der Waals surface area contributed by atoms with E-state index in [2.05, 4.69) is 0 Å². The number of nitrogens with zero attached hydrogens (tertiary/aromatic N) is 1. The topological polar surface area (TPSA) is 50.5 Å². The molecule has 2 aromatic rings. The fourth-order valence-corrected chi connectivity index (χ4v) is 2.95. The molecule has 0 saturated carbocycles. The minimum absolute atomic E-state index is 0.288. The molecule has 106 valence electrons. The van der Waals surface area contributed by atoms with E-state index >= 15 is 0 Å². The molecule has 3 rings (SSSR count). The molecule has 4 nitrogen and oxygen atoms in total. The average molecular weight is 320 g/mol. The minimum atomic E-state index is -0.319. The Morgan fingerprint density at radius 3 is 2.62 bits per heavy atom. The standard InChI is InChI=1S/C15H10ClNO3S/c1-17-14(18)13(21-15(17)19)8-9-6-7-12(20-9)10-4-2-3-5-11(10)16/h2-8H,1H3/b13-8-. The zero-order valence-electron chi connectivity index (χ0n) is 11.0. The highest BCUT2D eigenvalue weighted by Crippen LogP contribution is 2.33. The summed E-state index contributed by atoms with van der Waals surface area (Å²) < 4.78 is 5.68.